The molecule has 2 N–H and O–H groups in total. The molecule has 158 valence electrons. The second-order valence-electron chi connectivity index (χ2n) is 7.61. The Balaban J connectivity index is 1.43. The van der Waals surface area contributed by atoms with Crippen LogP contribution >= 0.6 is 0 Å². The van der Waals surface area contributed by atoms with Crippen LogP contribution in [0, 0.1) is 0 Å². The van der Waals surface area contributed by atoms with Crippen LogP contribution in [-0.4, -0.2) is 66.2 Å². The number of urea groups is 1. The molecule has 0 saturated carbocycles. The second-order valence-corrected chi connectivity index (χ2v) is 7.61. The smallest absolute Gasteiger partial charge is 0.409 e. The maximum absolute atomic E-state index is 12.4. The molecule has 4 amide bonds. The molecule has 2 heterocycles. The zero-order valence-electron chi connectivity index (χ0n) is 17.1. The molecule has 8 nitrogen and oxygen atoms in total. The first-order valence-electron chi connectivity index (χ1n) is 10.3. The van der Waals surface area contributed by atoms with E-state index in [0.29, 0.717) is 45.5 Å². The number of carbonyl (C=O) groups excluding carboxylic acids is 3. The number of piperidine rings is 1. The molecule has 0 spiro atoms. The highest BCUT2D eigenvalue weighted by Gasteiger charge is 2.34. The van der Waals surface area contributed by atoms with Crippen molar-refractivity contribution in [3.8, 4) is 0 Å². The van der Waals surface area contributed by atoms with Crippen molar-refractivity contribution in [3.63, 3.8) is 0 Å². The van der Waals surface area contributed by atoms with Crippen molar-refractivity contribution in [2.75, 3.05) is 26.2 Å². The minimum Gasteiger partial charge on any atom is -0.450 e. The van der Waals surface area contributed by atoms with Gasteiger partial charge in [-0.2, -0.15) is 0 Å². The zero-order chi connectivity index (χ0) is 20.8. The van der Waals surface area contributed by atoms with Gasteiger partial charge in [-0.25, -0.2) is 9.59 Å². The monoisotopic (exact) mass is 402 g/mol. The topological polar surface area (TPSA) is 91.0 Å². The Hall–Kier alpha value is -2.77. The molecule has 0 radical (unpaired) electrons. The number of hydrogen-bond donors (Lipinski definition) is 2. The number of carbonyl (C=O) groups is 3. The quantitative estimate of drug-likeness (QED) is 0.790. The van der Waals surface area contributed by atoms with E-state index in [1.807, 2.05) is 42.2 Å². The molecule has 3 rings (SSSR count). The van der Waals surface area contributed by atoms with Gasteiger partial charge >= 0.3 is 12.1 Å². The minimum absolute atomic E-state index is 0.0112. The van der Waals surface area contributed by atoms with Gasteiger partial charge in [-0.3, -0.25) is 4.79 Å². The van der Waals surface area contributed by atoms with E-state index >= 15 is 0 Å². The van der Waals surface area contributed by atoms with Gasteiger partial charge in [0.15, 0.2) is 0 Å². The molecule has 1 aromatic carbocycles. The summed E-state index contributed by atoms with van der Waals surface area (Å²) < 4.78 is 5.01. The molecule has 2 aliphatic rings. The maximum atomic E-state index is 12.4. The van der Waals surface area contributed by atoms with Crippen LogP contribution in [0.1, 0.15) is 44.7 Å². The first kappa shape index (κ1) is 21.0. The van der Waals surface area contributed by atoms with Crippen molar-refractivity contribution < 1.29 is 19.1 Å². The lowest BCUT2D eigenvalue weighted by molar-refractivity contribution is -0.129. The van der Waals surface area contributed by atoms with Crippen molar-refractivity contribution in [3.05, 3.63) is 35.9 Å². The molecule has 2 unspecified atom stereocenters. The third-order valence-corrected chi connectivity index (χ3v) is 5.60. The van der Waals surface area contributed by atoms with E-state index in [-0.39, 0.29) is 36.2 Å². The highest BCUT2D eigenvalue weighted by molar-refractivity contribution is 5.82. The van der Waals surface area contributed by atoms with E-state index < -0.39 is 0 Å². The summed E-state index contributed by atoms with van der Waals surface area (Å²) in [6.45, 7) is 5.78. The summed E-state index contributed by atoms with van der Waals surface area (Å²) >= 11 is 0. The summed E-state index contributed by atoms with van der Waals surface area (Å²) in [6.07, 6.45) is 1.39. The van der Waals surface area contributed by atoms with Gasteiger partial charge in [0.05, 0.1) is 18.7 Å². The lowest BCUT2D eigenvalue weighted by atomic mass is 10.1. The lowest BCUT2D eigenvalue weighted by Crippen LogP contribution is -2.51. The van der Waals surface area contributed by atoms with Crippen LogP contribution in [-0.2, 0) is 9.53 Å². The molecule has 2 saturated heterocycles. The SMILES string of the molecule is CCOC(=O)N1CCC(NC(=O)NC2CC(=O)N(C(C)c3ccccc3)C2)CC1. The maximum Gasteiger partial charge on any atom is 0.409 e. The second kappa shape index (κ2) is 9.62. The van der Waals surface area contributed by atoms with Crippen molar-refractivity contribution in [1.29, 1.82) is 0 Å². The molecule has 1 aromatic rings. The number of nitrogens with one attached hydrogen (secondary N) is 2. The molecule has 0 aromatic heterocycles. The number of nitrogens with zero attached hydrogens (tertiary/aromatic N) is 2. The number of benzene rings is 1. The third-order valence-electron chi connectivity index (χ3n) is 5.60. The fourth-order valence-electron chi connectivity index (χ4n) is 3.95. The Morgan fingerprint density at radius 2 is 1.79 bits per heavy atom. The van der Waals surface area contributed by atoms with Gasteiger partial charge in [0, 0.05) is 32.1 Å². The van der Waals surface area contributed by atoms with Crippen LogP contribution in [0.5, 0.6) is 0 Å². The van der Waals surface area contributed by atoms with E-state index in [1.54, 1.807) is 11.8 Å². The predicted octanol–water partition coefficient (Wildman–Crippen LogP) is 2.27. The van der Waals surface area contributed by atoms with Crippen LogP contribution in [0.3, 0.4) is 0 Å². The van der Waals surface area contributed by atoms with E-state index in [1.165, 1.54) is 0 Å². The van der Waals surface area contributed by atoms with E-state index in [4.69, 9.17) is 4.74 Å². The van der Waals surface area contributed by atoms with Crippen molar-refractivity contribution >= 4 is 18.0 Å². The Morgan fingerprint density at radius 3 is 2.45 bits per heavy atom. The van der Waals surface area contributed by atoms with Gasteiger partial charge in [0.25, 0.3) is 0 Å². The van der Waals surface area contributed by atoms with Crippen LogP contribution in [0.4, 0.5) is 9.59 Å². The minimum atomic E-state index is -0.299. The van der Waals surface area contributed by atoms with Crippen LogP contribution in [0.25, 0.3) is 0 Å². The summed E-state index contributed by atoms with van der Waals surface area (Å²) in [4.78, 5) is 40.0. The van der Waals surface area contributed by atoms with Crippen molar-refractivity contribution in [2.45, 2.75) is 51.2 Å². The van der Waals surface area contributed by atoms with E-state index in [9.17, 15) is 14.4 Å². The molecule has 8 heteroatoms. The van der Waals surface area contributed by atoms with Gasteiger partial charge in [-0.15, -0.1) is 0 Å². The van der Waals surface area contributed by atoms with Crippen LogP contribution in [0.15, 0.2) is 30.3 Å². The molecular weight excluding hydrogens is 372 g/mol. The molecule has 2 fully saturated rings. The molecule has 2 aliphatic heterocycles. The normalized spacial score (nSPS) is 21.0. The summed E-state index contributed by atoms with van der Waals surface area (Å²) in [5.41, 5.74) is 1.08. The largest absolute Gasteiger partial charge is 0.450 e. The van der Waals surface area contributed by atoms with Gasteiger partial charge in [-0.05, 0) is 32.3 Å². The lowest BCUT2D eigenvalue weighted by Gasteiger charge is -2.31. The van der Waals surface area contributed by atoms with Gasteiger partial charge < -0.3 is 25.2 Å². The van der Waals surface area contributed by atoms with Gasteiger partial charge in [-0.1, -0.05) is 30.3 Å². The molecule has 29 heavy (non-hydrogen) atoms. The van der Waals surface area contributed by atoms with Crippen LogP contribution < -0.4 is 10.6 Å². The number of ether oxygens (including phenoxy) is 1. The zero-order valence-corrected chi connectivity index (χ0v) is 17.1. The predicted molar refractivity (Wildman–Crippen MR) is 108 cm³/mol. The first-order valence-corrected chi connectivity index (χ1v) is 10.3. The average Bonchev–Trinajstić information content (AvgIpc) is 3.08. The number of hydrogen-bond acceptors (Lipinski definition) is 4. The van der Waals surface area contributed by atoms with E-state index in [2.05, 4.69) is 10.6 Å². The Kier molecular flexibility index (Phi) is 6.95. The molecule has 0 bridgehead atoms. The molecular formula is C21H30N4O4. The number of amides is 4. The highest BCUT2D eigenvalue weighted by atomic mass is 16.6. The standard InChI is InChI=1S/C21H30N4O4/c1-3-29-21(28)24-11-9-17(10-12-24)22-20(27)23-18-13-19(26)25(14-18)15(2)16-7-5-4-6-8-16/h4-8,15,17-18H,3,9-14H2,1-2H3,(H2,22,23,27). The molecule has 2 atom stereocenters. The summed E-state index contributed by atoms with van der Waals surface area (Å²) in [5, 5.41) is 5.90. The number of likely N-dealkylation sites (tertiary alicyclic amines) is 2. The fraction of sp³-hybridized carbons (Fsp3) is 0.571. The van der Waals surface area contributed by atoms with Gasteiger partial charge in [0.1, 0.15) is 0 Å². The fourth-order valence-corrected chi connectivity index (χ4v) is 3.95. The Morgan fingerprint density at radius 1 is 1.14 bits per heavy atom. The summed E-state index contributed by atoms with van der Waals surface area (Å²) in [5.74, 6) is 0.0504. The first-order chi connectivity index (χ1) is 14.0. The Bertz CT molecular complexity index is 719. The van der Waals surface area contributed by atoms with Crippen molar-refractivity contribution in [1.82, 2.24) is 20.4 Å². The highest BCUT2D eigenvalue weighted by Crippen LogP contribution is 2.25. The number of rotatable bonds is 5. The third kappa shape index (κ3) is 5.40. The summed E-state index contributed by atoms with van der Waals surface area (Å²) in [6, 6.07) is 9.42. The Labute approximate surface area is 171 Å². The summed E-state index contributed by atoms with van der Waals surface area (Å²) in [7, 11) is 0. The average molecular weight is 402 g/mol. The van der Waals surface area contributed by atoms with E-state index in [0.717, 1.165) is 5.56 Å². The van der Waals surface area contributed by atoms with Gasteiger partial charge in [0.2, 0.25) is 5.91 Å². The van der Waals surface area contributed by atoms with Crippen molar-refractivity contribution in [2.24, 2.45) is 0 Å². The molecule has 0 aliphatic carbocycles. The van der Waals surface area contributed by atoms with Crippen LogP contribution in [0.2, 0.25) is 0 Å².